The zero-order valence-corrected chi connectivity index (χ0v) is 7.85. The van der Waals surface area contributed by atoms with Crippen LogP contribution in [0.3, 0.4) is 0 Å². The Hall–Kier alpha value is -0.790. The van der Waals surface area contributed by atoms with Crippen LogP contribution in [-0.2, 0) is 4.79 Å². The Balaban J connectivity index is 2.34. The Morgan fingerprint density at radius 1 is 1.58 bits per heavy atom. The number of amides is 1. The molecular formula is C10H15NO. The maximum Gasteiger partial charge on any atom is 0.244 e. The summed E-state index contributed by atoms with van der Waals surface area (Å²) in [5, 5.41) is 3.01. The average molecular weight is 165 g/mol. The molecule has 12 heavy (non-hydrogen) atoms. The Labute approximate surface area is 73.0 Å². The van der Waals surface area contributed by atoms with Gasteiger partial charge in [-0.15, -0.1) is 0 Å². The highest BCUT2D eigenvalue weighted by molar-refractivity contribution is 5.89. The highest BCUT2D eigenvalue weighted by Crippen LogP contribution is 2.50. The van der Waals surface area contributed by atoms with Crippen LogP contribution in [-0.4, -0.2) is 11.9 Å². The summed E-state index contributed by atoms with van der Waals surface area (Å²) >= 11 is 0. The highest BCUT2D eigenvalue weighted by Gasteiger charge is 2.50. The van der Waals surface area contributed by atoms with Crippen molar-refractivity contribution in [2.45, 2.75) is 33.2 Å². The van der Waals surface area contributed by atoms with Gasteiger partial charge in [0.05, 0.1) is 0 Å². The van der Waals surface area contributed by atoms with Crippen molar-refractivity contribution in [1.82, 2.24) is 5.32 Å². The van der Waals surface area contributed by atoms with Gasteiger partial charge in [0.2, 0.25) is 5.91 Å². The number of rotatable bonds is 0. The summed E-state index contributed by atoms with van der Waals surface area (Å²) in [7, 11) is 0. The summed E-state index contributed by atoms with van der Waals surface area (Å²) in [6.45, 7) is 6.52. The third-order valence-electron chi connectivity index (χ3n) is 3.49. The van der Waals surface area contributed by atoms with Gasteiger partial charge in [0.15, 0.2) is 0 Å². The number of fused-ring (bicyclic) bond motifs is 2. The first-order chi connectivity index (χ1) is 5.51. The van der Waals surface area contributed by atoms with Crippen molar-refractivity contribution in [2.24, 2.45) is 11.3 Å². The largest absolute Gasteiger partial charge is 0.349 e. The molecule has 2 unspecified atom stereocenters. The first-order valence-electron chi connectivity index (χ1n) is 4.50. The van der Waals surface area contributed by atoms with Gasteiger partial charge in [-0.1, -0.05) is 19.4 Å². The van der Waals surface area contributed by atoms with E-state index in [2.05, 4.69) is 26.1 Å². The number of carbonyl (C=O) groups is 1. The molecule has 0 saturated heterocycles. The van der Waals surface area contributed by atoms with Crippen molar-refractivity contribution in [2.75, 3.05) is 0 Å². The molecule has 2 nitrogen and oxygen atoms in total. The molecule has 66 valence electrons. The van der Waals surface area contributed by atoms with Crippen LogP contribution < -0.4 is 5.32 Å². The molecule has 2 atom stereocenters. The van der Waals surface area contributed by atoms with Crippen LogP contribution in [0.1, 0.15) is 27.2 Å². The van der Waals surface area contributed by atoms with Crippen LogP contribution in [0.2, 0.25) is 0 Å². The topological polar surface area (TPSA) is 29.1 Å². The summed E-state index contributed by atoms with van der Waals surface area (Å²) in [5.41, 5.74) is 1.51. The van der Waals surface area contributed by atoms with Crippen LogP contribution in [0.25, 0.3) is 0 Å². The molecule has 3 aliphatic rings. The summed E-state index contributed by atoms with van der Waals surface area (Å²) < 4.78 is 0. The third-order valence-corrected chi connectivity index (χ3v) is 3.49. The lowest BCUT2D eigenvalue weighted by Crippen LogP contribution is -2.56. The van der Waals surface area contributed by atoms with Crippen molar-refractivity contribution in [3.8, 4) is 0 Å². The van der Waals surface area contributed by atoms with E-state index in [1.165, 1.54) is 5.57 Å². The number of hydrogen-bond acceptors (Lipinski definition) is 1. The summed E-state index contributed by atoms with van der Waals surface area (Å²) in [6, 6.07) is 0.392. The molecule has 2 bridgehead atoms. The zero-order chi connectivity index (χ0) is 8.93. The lowest BCUT2D eigenvalue weighted by atomic mass is 9.57. The van der Waals surface area contributed by atoms with Crippen molar-refractivity contribution in [1.29, 1.82) is 0 Å². The predicted molar refractivity (Wildman–Crippen MR) is 47.6 cm³/mol. The Morgan fingerprint density at radius 2 is 2.25 bits per heavy atom. The van der Waals surface area contributed by atoms with Crippen molar-refractivity contribution in [3.05, 3.63) is 11.6 Å². The van der Waals surface area contributed by atoms with Crippen molar-refractivity contribution < 1.29 is 4.79 Å². The van der Waals surface area contributed by atoms with Gasteiger partial charge in [0.25, 0.3) is 0 Å². The van der Waals surface area contributed by atoms with Crippen molar-refractivity contribution >= 4 is 5.91 Å². The predicted octanol–water partition coefficient (Wildman–Crippen LogP) is 1.48. The van der Waals surface area contributed by atoms with Crippen LogP contribution in [0, 0.1) is 11.3 Å². The molecule has 1 aliphatic carbocycles. The lowest BCUT2D eigenvalue weighted by Gasteiger charge is -2.51. The summed E-state index contributed by atoms with van der Waals surface area (Å²) in [5.74, 6) is 0.701. The SMILES string of the molecule is CC1=CC(=O)NC2CC1C2(C)C. The molecule has 0 aromatic heterocycles. The smallest absolute Gasteiger partial charge is 0.244 e. The Kier molecular flexibility index (Phi) is 1.39. The van der Waals surface area contributed by atoms with Gasteiger partial charge in [0.1, 0.15) is 0 Å². The van der Waals surface area contributed by atoms with E-state index >= 15 is 0 Å². The molecule has 1 amide bonds. The number of nitrogens with one attached hydrogen (secondary N) is 1. The minimum absolute atomic E-state index is 0.0885. The molecule has 2 heterocycles. The molecule has 0 radical (unpaired) electrons. The van der Waals surface area contributed by atoms with Gasteiger partial charge in [0, 0.05) is 12.1 Å². The Bertz CT molecular complexity index is 265. The van der Waals surface area contributed by atoms with Crippen LogP contribution >= 0.6 is 0 Å². The summed E-state index contributed by atoms with van der Waals surface area (Å²) in [4.78, 5) is 11.2. The van der Waals surface area contributed by atoms with E-state index in [0.717, 1.165) is 6.42 Å². The van der Waals surface area contributed by atoms with Crippen molar-refractivity contribution in [3.63, 3.8) is 0 Å². The third kappa shape index (κ3) is 0.838. The van der Waals surface area contributed by atoms with Gasteiger partial charge in [-0.3, -0.25) is 4.79 Å². The Morgan fingerprint density at radius 3 is 2.83 bits per heavy atom. The standard InChI is InChI=1S/C10H15NO/c1-6-4-9(12)11-8-5-7(6)10(8,2)3/h4,7-8H,5H2,1-3H3,(H,11,12). The first-order valence-corrected chi connectivity index (χ1v) is 4.50. The highest BCUT2D eigenvalue weighted by atomic mass is 16.1. The van der Waals surface area contributed by atoms with Crippen LogP contribution in [0.5, 0.6) is 0 Å². The van der Waals surface area contributed by atoms with Crippen LogP contribution in [0.15, 0.2) is 11.6 Å². The van der Waals surface area contributed by atoms with Gasteiger partial charge in [-0.25, -0.2) is 0 Å². The molecule has 0 aromatic carbocycles. The molecule has 1 fully saturated rings. The fourth-order valence-electron chi connectivity index (χ4n) is 2.46. The minimum Gasteiger partial charge on any atom is -0.349 e. The molecule has 3 rings (SSSR count). The quantitative estimate of drug-likeness (QED) is 0.578. The van der Waals surface area contributed by atoms with E-state index in [-0.39, 0.29) is 11.3 Å². The van der Waals surface area contributed by atoms with Gasteiger partial charge < -0.3 is 5.32 Å². The molecule has 1 saturated carbocycles. The fourth-order valence-corrected chi connectivity index (χ4v) is 2.46. The van der Waals surface area contributed by atoms with E-state index in [4.69, 9.17) is 0 Å². The second kappa shape index (κ2) is 2.12. The lowest BCUT2D eigenvalue weighted by molar-refractivity contribution is -0.119. The molecule has 0 aromatic rings. The van der Waals surface area contributed by atoms with E-state index < -0.39 is 0 Å². The van der Waals surface area contributed by atoms with E-state index in [9.17, 15) is 4.79 Å². The van der Waals surface area contributed by atoms with Gasteiger partial charge >= 0.3 is 0 Å². The maximum atomic E-state index is 11.2. The summed E-state index contributed by atoms with van der Waals surface area (Å²) in [6.07, 6.45) is 2.88. The van der Waals surface area contributed by atoms with E-state index in [1.807, 2.05) is 0 Å². The number of hydrogen-bond donors (Lipinski definition) is 1. The monoisotopic (exact) mass is 165 g/mol. The maximum absolute atomic E-state index is 11.2. The first kappa shape index (κ1) is 7.84. The average Bonchev–Trinajstić information content (AvgIpc) is 2.14. The van der Waals surface area contributed by atoms with E-state index in [1.54, 1.807) is 6.08 Å². The normalized spacial score (nSPS) is 37.6. The molecule has 2 aliphatic heterocycles. The fraction of sp³-hybridized carbons (Fsp3) is 0.700. The van der Waals surface area contributed by atoms with E-state index in [0.29, 0.717) is 12.0 Å². The molecule has 2 heteroatoms. The zero-order valence-electron chi connectivity index (χ0n) is 7.85. The second-order valence-electron chi connectivity index (χ2n) is 4.56. The molecular weight excluding hydrogens is 150 g/mol. The molecule has 1 N–H and O–H groups in total. The second-order valence-corrected chi connectivity index (χ2v) is 4.56. The minimum atomic E-state index is 0.0885. The number of allylic oxidation sites excluding steroid dienone is 1. The molecule has 0 spiro atoms. The van der Waals surface area contributed by atoms with Crippen LogP contribution in [0.4, 0.5) is 0 Å². The number of carbonyl (C=O) groups excluding carboxylic acids is 1. The van der Waals surface area contributed by atoms with Gasteiger partial charge in [-0.2, -0.15) is 0 Å². The van der Waals surface area contributed by atoms with Gasteiger partial charge in [-0.05, 0) is 24.7 Å².